The van der Waals surface area contributed by atoms with Gasteiger partial charge in [0, 0.05) is 13.0 Å². The van der Waals surface area contributed by atoms with Crippen molar-refractivity contribution in [2.45, 2.75) is 213 Å². The van der Waals surface area contributed by atoms with Crippen molar-refractivity contribution in [3.05, 3.63) is 35.5 Å². The highest BCUT2D eigenvalue weighted by atomic mass is 28.4. The topological polar surface area (TPSA) is 36.9 Å². The molecular weight excluding hydrogens is 649 g/mol. The van der Waals surface area contributed by atoms with Crippen molar-refractivity contribution in [3.8, 4) is 0 Å². The van der Waals surface area contributed by atoms with Crippen LogP contribution >= 0.6 is 0 Å². The van der Waals surface area contributed by atoms with Gasteiger partial charge in [-0.15, -0.1) is 0 Å². The fourth-order valence-corrected chi connectivity index (χ4v) is 11.9. The van der Waals surface area contributed by atoms with E-state index in [-0.39, 0.29) is 34.2 Å². The maximum absolute atomic E-state index is 7.12. The summed E-state index contributed by atoms with van der Waals surface area (Å²) in [5.41, 5.74) is 4.51. The van der Waals surface area contributed by atoms with Crippen LogP contribution in [0.3, 0.4) is 0 Å². The van der Waals surface area contributed by atoms with Crippen LogP contribution in [0.25, 0.3) is 0 Å². The lowest BCUT2D eigenvalue weighted by Crippen LogP contribution is -2.49. The molecule has 4 rings (SSSR count). The molecule has 50 heavy (non-hydrogen) atoms. The Morgan fingerprint density at radius 1 is 0.900 bits per heavy atom. The minimum atomic E-state index is -1.98. The third-order valence-corrected chi connectivity index (χ3v) is 23.5. The number of fused-ring (bicyclic) bond motifs is 1. The minimum absolute atomic E-state index is 0.00920. The molecule has 0 aromatic carbocycles. The van der Waals surface area contributed by atoms with Crippen molar-refractivity contribution in [3.63, 3.8) is 0 Å². The van der Waals surface area contributed by atoms with E-state index < -0.39 is 16.6 Å². The average molecular weight is 729 g/mol. The van der Waals surface area contributed by atoms with Gasteiger partial charge in [-0.25, -0.2) is 0 Å². The molecule has 0 spiro atoms. The predicted molar refractivity (Wildman–Crippen MR) is 219 cm³/mol. The second-order valence-electron chi connectivity index (χ2n) is 20.9. The molecule has 1 aliphatic heterocycles. The Morgan fingerprint density at radius 3 is 2.18 bits per heavy atom. The van der Waals surface area contributed by atoms with Crippen molar-refractivity contribution in [2.24, 2.45) is 23.2 Å². The quantitative estimate of drug-likeness (QED) is 0.188. The molecule has 288 valence electrons. The van der Waals surface area contributed by atoms with E-state index >= 15 is 0 Å². The van der Waals surface area contributed by atoms with E-state index in [0.717, 1.165) is 44.1 Å². The summed E-state index contributed by atoms with van der Waals surface area (Å²) < 4.78 is 26.6. The van der Waals surface area contributed by atoms with Gasteiger partial charge in [-0.1, -0.05) is 92.5 Å². The summed E-state index contributed by atoms with van der Waals surface area (Å²) in [4.78, 5) is 0. The summed E-state index contributed by atoms with van der Waals surface area (Å²) in [6.07, 6.45) is 20.7. The smallest absolute Gasteiger partial charge is 0.192 e. The highest BCUT2D eigenvalue weighted by Gasteiger charge is 2.51. The highest BCUT2D eigenvalue weighted by molar-refractivity contribution is 6.74. The predicted octanol–water partition coefficient (Wildman–Crippen LogP) is 13.3. The van der Waals surface area contributed by atoms with Crippen LogP contribution in [0, 0.1) is 23.2 Å². The molecule has 7 atom stereocenters. The Morgan fingerprint density at radius 2 is 1.56 bits per heavy atom. The molecule has 0 amide bonds. The molecule has 3 aliphatic carbocycles. The van der Waals surface area contributed by atoms with Gasteiger partial charge in [-0.2, -0.15) is 0 Å². The summed E-state index contributed by atoms with van der Waals surface area (Å²) >= 11 is 0. The van der Waals surface area contributed by atoms with E-state index in [9.17, 15) is 0 Å². The summed E-state index contributed by atoms with van der Waals surface area (Å²) in [5, 5.41) is 0.336. The van der Waals surface area contributed by atoms with Gasteiger partial charge < -0.3 is 18.3 Å². The fourth-order valence-electron chi connectivity index (χ4n) is 9.25. The third kappa shape index (κ3) is 10.2. The van der Waals surface area contributed by atoms with Crippen molar-refractivity contribution in [1.82, 2.24) is 0 Å². The lowest BCUT2D eigenvalue weighted by Gasteiger charge is -2.46. The molecular formula is C44H80O4Si2. The van der Waals surface area contributed by atoms with Crippen LogP contribution in [0.2, 0.25) is 36.3 Å². The Labute approximate surface area is 312 Å². The lowest BCUT2D eigenvalue weighted by atomic mass is 9.60. The zero-order chi connectivity index (χ0) is 37.3. The van der Waals surface area contributed by atoms with Gasteiger partial charge in [0.1, 0.15) is 0 Å². The van der Waals surface area contributed by atoms with Gasteiger partial charge in [0.05, 0.1) is 17.8 Å². The first kappa shape index (κ1) is 42.2. The van der Waals surface area contributed by atoms with Crippen LogP contribution in [-0.2, 0) is 18.3 Å². The lowest BCUT2D eigenvalue weighted by molar-refractivity contribution is -0.217. The third-order valence-electron chi connectivity index (χ3n) is 14.5. The molecule has 4 nitrogen and oxygen atoms in total. The summed E-state index contributed by atoms with van der Waals surface area (Å²) in [6, 6.07) is 0. The number of hydrogen-bond donors (Lipinski definition) is 0. The van der Waals surface area contributed by atoms with Gasteiger partial charge in [0.15, 0.2) is 22.9 Å². The Kier molecular flexibility index (Phi) is 13.6. The molecule has 4 aliphatic rings. The van der Waals surface area contributed by atoms with Gasteiger partial charge in [-0.05, 0) is 149 Å². The SMILES string of the molecule is C=C1/C(=C/C=C2\CCC[C@@]3(C)[C@@H]([C@H](C)CCCC(C)(C)O[C@@H]4CCCCO4)CC[C@@H]23)C[C@H](O[Si](C)(C)C(C)(C)C)C[C@H]1O[Si](C)(C)C(C)(C)C. The number of hydrogen-bond acceptors (Lipinski definition) is 4. The van der Waals surface area contributed by atoms with Gasteiger partial charge in [0.2, 0.25) is 0 Å². The Hall–Kier alpha value is -0.506. The van der Waals surface area contributed by atoms with Crippen molar-refractivity contribution >= 4 is 16.6 Å². The van der Waals surface area contributed by atoms with Crippen molar-refractivity contribution in [2.75, 3.05) is 6.61 Å². The van der Waals surface area contributed by atoms with Crippen molar-refractivity contribution < 1.29 is 18.3 Å². The first-order valence-electron chi connectivity index (χ1n) is 20.7. The largest absolute Gasteiger partial charge is 0.413 e. The zero-order valence-electron chi connectivity index (χ0n) is 35.4. The summed E-state index contributed by atoms with van der Waals surface area (Å²) in [7, 11) is -3.91. The van der Waals surface area contributed by atoms with E-state index in [0.29, 0.717) is 11.3 Å². The second kappa shape index (κ2) is 16.1. The molecule has 3 saturated carbocycles. The molecule has 0 aromatic heterocycles. The van der Waals surface area contributed by atoms with E-state index in [2.05, 4.69) is 108 Å². The van der Waals surface area contributed by atoms with E-state index in [1.54, 1.807) is 5.57 Å². The van der Waals surface area contributed by atoms with Crippen LogP contribution in [0.5, 0.6) is 0 Å². The molecule has 0 N–H and O–H groups in total. The molecule has 0 unspecified atom stereocenters. The van der Waals surface area contributed by atoms with E-state index in [4.69, 9.17) is 24.9 Å². The summed E-state index contributed by atoms with van der Waals surface area (Å²) in [6.45, 7) is 38.9. The molecule has 0 radical (unpaired) electrons. The first-order chi connectivity index (χ1) is 23.0. The van der Waals surface area contributed by atoms with E-state index in [1.165, 1.54) is 68.9 Å². The maximum atomic E-state index is 7.12. The molecule has 6 heteroatoms. The van der Waals surface area contributed by atoms with Crippen LogP contribution < -0.4 is 0 Å². The molecule has 1 saturated heterocycles. The number of allylic oxidation sites excluding steroid dienone is 3. The molecule has 0 bridgehead atoms. The van der Waals surface area contributed by atoms with E-state index in [1.807, 2.05) is 0 Å². The Balaban J connectivity index is 1.47. The summed E-state index contributed by atoms with van der Waals surface area (Å²) in [5.74, 6) is 2.23. The fraction of sp³-hybridized carbons (Fsp3) is 0.864. The van der Waals surface area contributed by atoms with Gasteiger partial charge in [-0.3, -0.25) is 0 Å². The highest BCUT2D eigenvalue weighted by Crippen LogP contribution is 2.60. The molecule has 4 fully saturated rings. The second-order valence-corrected chi connectivity index (χ2v) is 30.4. The van der Waals surface area contributed by atoms with Crippen LogP contribution in [0.15, 0.2) is 35.5 Å². The standard InChI is InChI=1S/C44H80O4Si2/c1-32(20-18-27-43(9,10)46-40-22-16-17-29-45-40)37-25-26-38-34(21-19-28-44(37,38)11)23-24-35-30-36(47-49(12,13)41(3,4)5)31-39(33(35)2)48-50(14,15)42(6,7)8/h23-24,32,36-40H,2,16-22,25-31H2,1,3-15H3/b34-23+,35-24+/t32-,36+,37-,38+,39-,40-,44+/m1/s1. The van der Waals surface area contributed by atoms with Crippen molar-refractivity contribution in [1.29, 1.82) is 0 Å². The van der Waals surface area contributed by atoms with Crippen LogP contribution in [0.4, 0.5) is 0 Å². The zero-order valence-corrected chi connectivity index (χ0v) is 37.4. The van der Waals surface area contributed by atoms with Crippen LogP contribution in [0.1, 0.15) is 153 Å². The molecule has 0 aromatic rings. The minimum Gasteiger partial charge on any atom is -0.413 e. The monoisotopic (exact) mass is 729 g/mol. The number of ether oxygens (including phenoxy) is 2. The number of rotatable bonds is 12. The normalized spacial score (nSPS) is 32.8. The van der Waals surface area contributed by atoms with Gasteiger partial charge >= 0.3 is 0 Å². The average Bonchev–Trinajstić information content (AvgIpc) is 3.34. The maximum Gasteiger partial charge on any atom is 0.192 e. The van der Waals surface area contributed by atoms with Gasteiger partial charge in [0.25, 0.3) is 0 Å². The first-order valence-corrected chi connectivity index (χ1v) is 26.5. The molecule has 1 heterocycles. The van der Waals surface area contributed by atoms with Crippen LogP contribution in [-0.4, -0.2) is 47.3 Å². The Bertz CT molecular complexity index is 1210.